The number of benzene rings is 2. The first-order chi connectivity index (χ1) is 9.17. The topological polar surface area (TPSA) is 64.9 Å². The van der Waals surface area contributed by atoms with Crippen LogP contribution in [0.2, 0.25) is 0 Å². The predicted molar refractivity (Wildman–Crippen MR) is 70.2 cm³/mol. The Morgan fingerprint density at radius 1 is 1.05 bits per heavy atom. The van der Waals surface area contributed by atoms with Crippen molar-refractivity contribution in [2.75, 3.05) is 10.6 Å². The zero-order chi connectivity index (χ0) is 13.7. The molecular weight excluding hydrogens is 245 g/mol. The van der Waals surface area contributed by atoms with Crippen molar-refractivity contribution in [3.8, 4) is 6.07 Å². The molecule has 2 amide bonds. The maximum atomic E-state index is 12.7. The summed E-state index contributed by atoms with van der Waals surface area (Å²) in [7, 11) is 0. The second kappa shape index (κ2) is 5.65. The maximum absolute atomic E-state index is 12.7. The fraction of sp³-hybridized carbons (Fsp3) is 0. The van der Waals surface area contributed by atoms with Gasteiger partial charge in [-0.05, 0) is 42.5 Å². The van der Waals surface area contributed by atoms with Crippen LogP contribution in [-0.4, -0.2) is 6.03 Å². The van der Waals surface area contributed by atoms with Crippen LogP contribution < -0.4 is 10.6 Å². The number of hydrogen-bond acceptors (Lipinski definition) is 2. The molecule has 2 rings (SSSR count). The lowest BCUT2D eigenvalue weighted by Gasteiger charge is -2.07. The van der Waals surface area contributed by atoms with Crippen LogP contribution in [0.3, 0.4) is 0 Å². The van der Waals surface area contributed by atoms with Gasteiger partial charge in [0, 0.05) is 11.4 Å². The first-order valence-electron chi connectivity index (χ1n) is 5.51. The van der Waals surface area contributed by atoms with E-state index >= 15 is 0 Å². The SMILES string of the molecule is N#Cc1cccc(NC(=O)Nc2ccc(F)cc2)c1. The van der Waals surface area contributed by atoms with Crippen molar-refractivity contribution in [1.29, 1.82) is 5.26 Å². The number of hydrogen-bond donors (Lipinski definition) is 2. The maximum Gasteiger partial charge on any atom is 0.323 e. The van der Waals surface area contributed by atoms with Gasteiger partial charge >= 0.3 is 6.03 Å². The third-order valence-corrected chi connectivity index (χ3v) is 2.35. The van der Waals surface area contributed by atoms with E-state index in [-0.39, 0.29) is 5.82 Å². The van der Waals surface area contributed by atoms with Gasteiger partial charge in [-0.1, -0.05) is 6.07 Å². The zero-order valence-electron chi connectivity index (χ0n) is 9.85. The molecule has 0 aromatic heterocycles. The molecule has 94 valence electrons. The summed E-state index contributed by atoms with van der Waals surface area (Å²) in [5, 5.41) is 13.9. The number of rotatable bonds is 2. The summed E-state index contributed by atoms with van der Waals surface area (Å²) in [5.74, 6) is -0.368. The third-order valence-electron chi connectivity index (χ3n) is 2.35. The van der Waals surface area contributed by atoms with Gasteiger partial charge in [-0.3, -0.25) is 0 Å². The Bertz CT molecular complexity index is 632. The summed E-state index contributed by atoms with van der Waals surface area (Å²) in [4.78, 5) is 11.7. The molecule has 0 bridgehead atoms. The zero-order valence-corrected chi connectivity index (χ0v) is 9.85. The molecule has 2 aromatic rings. The van der Waals surface area contributed by atoms with Crippen LogP contribution in [0, 0.1) is 17.1 Å². The van der Waals surface area contributed by atoms with Gasteiger partial charge in [-0.2, -0.15) is 5.26 Å². The predicted octanol–water partition coefficient (Wildman–Crippen LogP) is 3.34. The summed E-state index contributed by atoms with van der Waals surface area (Å²) in [6, 6.07) is 13.5. The van der Waals surface area contributed by atoms with Crippen LogP contribution in [0.1, 0.15) is 5.56 Å². The van der Waals surface area contributed by atoms with Crippen molar-refractivity contribution in [1.82, 2.24) is 0 Å². The van der Waals surface area contributed by atoms with E-state index in [1.54, 1.807) is 24.3 Å². The van der Waals surface area contributed by atoms with Gasteiger partial charge in [0.2, 0.25) is 0 Å². The number of halogens is 1. The molecule has 0 atom stereocenters. The summed E-state index contributed by atoms with van der Waals surface area (Å²) in [6.45, 7) is 0. The first kappa shape index (κ1) is 12.6. The van der Waals surface area contributed by atoms with E-state index in [2.05, 4.69) is 10.6 Å². The van der Waals surface area contributed by atoms with Crippen molar-refractivity contribution in [2.24, 2.45) is 0 Å². The molecule has 0 unspecified atom stereocenters. The molecule has 2 N–H and O–H groups in total. The van der Waals surface area contributed by atoms with Crippen LogP contribution >= 0.6 is 0 Å². The Hall–Kier alpha value is -2.87. The van der Waals surface area contributed by atoms with Gasteiger partial charge in [0.1, 0.15) is 5.82 Å². The summed E-state index contributed by atoms with van der Waals surface area (Å²) >= 11 is 0. The standard InChI is InChI=1S/C14H10FN3O/c15-11-4-6-12(7-5-11)17-14(19)18-13-3-1-2-10(8-13)9-16/h1-8H,(H2,17,18,19). The lowest BCUT2D eigenvalue weighted by Crippen LogP contribution is -2.19. The molecule has 5 heteroatoms. The fourth-order valence-corrected chi connectivity index (χ4v) is 1.49. The van der Waals surface area contributed by atoms with Gasteiger partial charge in [-0.25, -0.2) is 9.18 Å². The van der Waals surface area contributed by atoms with Crippen molar-refractivity contribution in [2.45, 2.75) is 0 Å². The van der Waals surface area contributed by atoms with E-state index in [4.69, 9.17) is 5.26 Å². The van der Waals surface area contributed by atoms with Crippen LogP contribution in [0.4, 0.5) is 20.6 Å². The van der Waals surface area contributed by atoms with Crippen LogP contribution in [-0.2, 0) is 0 Å². The average Bonchev–Trinajstić information content (AvgIpc) is 2.41. The molecule has 0 aliphatic carbocycles. The Morgan fingerprint density at radius 2 is 1.74 bits per heavy atom. The number of carbonyl (C=O) groups excluding carboxylic acids is 1. The number of urea groups is 1. The third kappa shape index (κ3) is 3.54. The highest BCUT2D eigenvalue weighted by Crippen LogP contribution is 2.12. The number of anilines is 2. The number of nitrogens with one attached hydrogen (secondary N) is 2. The Balaban J connectivity index is 2.01. The normalized spacial score (nSPS) is 9.47. The second-order valence-electron chi connectivity index (χ2n) is 3.78. The van der Waals surface area contributed by atoms with Gasteiger partial charge in [-0.15, -0.1) is 0 Å². The lowest BCUT2D eigenvalue weighted by atomic mass is 10.2. The summed E-state index contributed by atoms with van der Waals surface area (Å²) < 4.78 is 12.7. The molecule has 0 spiro atoms. The Kier molecular flexibility index (Phi) is 3.74. The first-order valence-corrected chi connectivity index (χ1v) is 5.51. The van der Waals surface area contributed by atoms with E-state index < -0.39 is 6.03 Å². The largest absolute Gasteiger partial charge is 0.323 e. The minimum Gasteiger partial charge on any atom is -0.308 e. The minimum absolute atomic E-state index is 0.368. The molecule has 0 aliphatic rings. The molecule has 0 radical (unpaired) electrons. The van der Waals surface area contributed by atoms with E-state index in [0.717, 1.165) is 0 Å². The van der Waals surface area contributed by atoms with Crippen molar-refractivity contribution >= 4 is 17.4 Å². The summed E-state index contributed by atoms with van der Waals surface area (Å²) in [6.07, 6.45) is 0. The molecule has 2 aromatic carbocycles. The number of nitriles is 1. The molecule has 4 nitrogen and oxygen atoms in total. The second-order valence-corrected chi connectivity index (χ2v) is 3.78. The lowest BCUT2D eigenvalue weighted by molar-refractivity contribution is 0.262. The van der Waals surface area contributed by atoms with Crippen molar-refractivity contribution in [3.63, 3.8) is 0 Å². The van der Waals surface area contributed by atoms with E-state index in [0.29, 0.717) is 16.9 Å². The molecule has 19 heavy (non-hydrogen) atoms. The molecule has 0 fully saturated rings. The smallest absolute Gasteiger partial charge is 0.308 e. The van der Waals surface area contributed by atoms with Crippen LogP contribution in [0.25, 0.3) is 0 Å². The van der Waals surface area contributed by atoms with Gasteiger partial charge in [0.15, 0.2) is 0 Å². The summed E-state index contributed by atoms with van der Waals surface area (Å²) in [5.41, 5.74) is 1.45. The van der Waals surface area contributed by atoms with Gasteiger partial charge in [0.05, 0.1) is 11.6 Å². The monoisotopic (exact) mass is 255 g/mol. The fourth-order valence-electron chi connectivity index (χ4n) is 1.49. The van der Waals surface area contributed by atoms with E-state index in [1.165, 1.54) is 24.3 Å². The molecule has 0 saturated carbocycles. The van der Waals surface area contributed by atoms with E-state index in [1.807, 2.05) is 6.07 Å². The number of amides is 2. The van der Waals surface area contributed by atoms with Crippen LogP contribution in [0.15, 0.2) is 48.5 Å². The highest BCUT2D eigenvalue weighted by Gasteiger charge is 2.03. The van der Waals surface area contributed by atoms with Gasteiger partial charge < -0.3 is 10.6 Å². The van der Waals surface area contributed by atoms with Crippen molar-refractivity contribution in [3.05, 3.63) is 59.9 Å². The minimum atomic E-state index is -0.457. The average molecular weight is 255 g/mol. The van der Waals surface area contributed by atoms with Gasteiger partial charge in [0.25, 0.3) is 0 Å². The Morgan fingerprint density at radius 3 is 2.42 bits per heavy atom. The molecule has 0 heterocycles. The van der Waals surface area contributed by atoms with Crippen LogP contribution in [0.5, 0.6) is 0 Å². The molecule has 0 saturated heterocycles. The molecule has 0 aliphatic heterocycles. The number of carbonyl (C=O) groups is 1. The van der Waals surface area contributed by atoms with E-state index in [9.17, 15) is 9.18 Å². The number of nitrogens with zero attached hydrogens (tertiary/aromatic N) is 1. The Labute approximate surface area is 109 Å². The van der Waals surface area contributed by atoms with Crippen molar-refractivity contribution < 1.29 is 9.18 Å². The quantitative estimate of drug-likeness (QED) is 0.864. The highest BCUT2D eigenvalue weighted by molar-refractivity contribution is 5.99. The highest BCUT2D eigenvalue weighted by atomic mass is 19.1. The molecular formula is C14H10FN3O.